The van der Waals surface area contributed by atoms with E-state index in [4.69, 9.17) is 10.2 Å². The molecule has 0 aromatic carbocycles. The van der Waals surface area contributed by atoms with Gasteiger partial charge in [-0.15, -0.1) is 0 Å². The standard InChI is InChI=1S/C12H14N4O5/c1-14-10(13)9(11(17)15(2)12(14)18)7(6-16(19)20)8-4-3-5-21-8/h3-5,7H,6,13H2,1-2H3. The van der Waals surface area contributed by atoms with E-state index < -0.39 is 28.6 Å². The minimum absolute atomic E-state index is 0.0220. The molecule has 9 heteroatoms. The number of rotatable bonds is 4. The number of nitro groups is 1. The molecular weight excluding hydrogens is 280 g/mol. The number of hydrogen-bond acceptors (Lipinski definition) is 6. The smallest absolute Gasteiger partial charge is 0.332 e. The summed E-state index contributed by atoms with van der Waals surface area (Å²) in [7, 11) is 2.69. The van der Waals surface area contributed by atoms with Crippen LogP contribution in [-0.4, -0.2) is 20.6 Å². The van der Waals surface area contributed by atoms with Crippen molar-refractivity contribution in [2.75, 3.05) is 12.3 Å². The van der Waals surface area contributed by atoms with E-state index in [1.807, 2.05) is 0 Å². The SMILES string of the molecule is Cn1c(N)c(C(C[N+](=O)[O-])c2ccco2)c(=O)n(C)c1=O. The molecule has 2 rings (SSSR count). The molecule has 112 valence electrons. The topological polar surface area (TPSA) is 126 Å². The molecule has 0 aliphatic carbocycles. The molecule has 1 unspecified atom stereocenters. The van der Waals surface area contributed by atoms with Crippen molar-refractivity contribution >= 4 is 5.82 Å². The highest BCUT2D eigenvalue weighted by atomic mass is 16.6. The van der Waals surface area contributed by atoms with Crippen molar-refractivity contribution in [1.82, 2.24) is 9.13 Å². The van der Waals surface area contributed by atoms with Crippen LogP contribution in [0.3, 0.4) is 0 Å². The first kappa shape index (κ1) is 14.6. The Hall–Kier alpha value is -2.84. The van der Waals surface area contributed by atoms with Gasteiger partial charge in [-0.3, -0.25) is 24.0 Å². The number of nitrogen functional groups attached to an aromatic ring is 1. The first-order valence-corrected chi connectivity index (χ1v) is 6.05. The van der Waals surface area contributed by atoms with Crippen LogP contribution in [0.15, 0.2) is 32.4 Å². The molecule has 0 spiro atoms. The van der Waals surface area contributed by atoms with Gasteiger partial charge in [-0.05, 0) is 12.1 Å². The normalized spacial score (nSPS) is 12.3. The van der Waals surface area contributed by atoms with Crippen LogP contribution in [0.25, 0.3) is 0 Å². The molecule has 2 aromatic heterocycles. The van der Waals surface area contributed by atoms with Gasteiger partial charge >= 0.3 is 5.69 Å². The van der Waals surface area contributed by atoms with Gasteiger partial charge < -0.3 is 10.2 Å². The maximum absolute atomic E-state index is 12.3. The zero-order chi connectivity index (χ0) is 15.7. The van der Waals surface area contributed by atoms with E-state index in [2.05, 4.69) is 0 Å². The van der Waals surface area contributed by atoms with E-state index in [9.17, 15) is 19.7 Å². The van der Waals surface area contributed by atoms with Gasteiger partial charge in [0.05, 0.1) is 11.8 Å². The fourth-order valence-electron chi connectivity index (χ4n) is 2.18. The van der Waals surface area contributed by atoms with Gasteiger partial charge in [0, 0.05) is 19.0 Å². The monoisotopic (exact) mass is 294 g/mol. The number of hydrogen-bond donors (Lipinski definition) is 1. The molecule has 2 aromatic rings. The van der Waals surface area contributed by atoms with Crippen LogP contribution in [0, 0.1) is 10.1 Å². The van der Waals surface area contributed by atoms with Crippen LogP contribution in [-0.2, 0) is 14.1 Å². The van der Waals surface area contributed by atoms with Crippen LogP contribution in [0.1, 0.15) is 17.2 Å². The van der Waals surface area contributed by atoms with Crippen LogP contribution in [0.4, 0.5) is 5.82 Å². The van der Waals surface area contributed by atoms with Crippen molar-refractivity contribution in [2.45, 2.75) is 5.92 Å². The lowest BCUT2D eigenvalue weighted by molar-refractivity contribution is -0.482. The lowest BCUT2D eigenvalue weighted by Gasteiger charge is -2.16. The predicted molar refractivity (Wildman–Crippen MR) is 73.7 cm³/mol. The molecule has 0 fully saturated rings. The molecular formula is C12H14N4O5. The third-order valence-electron chi connectivity index (χ3n) is 3.31. The number of nitrogens with zero attached hydrogens (tertiary/aromatic N) is 3. The molecule has 0 saturated heterocycles. The molecule has 9 nitrogen and oxygen atoms in total. The van der Waals surface area contributed by atoms with E-state index in [0.29, 0.717) is 0 Å². The zero-order valence-corrected chi connectivity index (χ0v) is 11.5. The maximum atomic E-state index is 12.3. The second kappa shape index (κ2) is 5.27. The van der Waals surface area contributed by atoms with Gasteiger partial charge in [-0.25, -0.2) is 4.79 Å². The summed E-state index contributed by atoms with van der Waals surface area (Å²) in [6, 6.07) is 3.09. The Morgan fingerprint density at radius 2 is 2.05 bits per heavy atom. The molecule has 0 radical (unpaired) electrons. The van der Waals surface area contributed by atoms with Crippen molar-refractivity contribution < 1.29 is 9.34 Å². The molecule has 1 atom stereocenters. The summed E-state index contributed by atoms with van der Waals surface area (Å²) in [6.07, 6.45) is 1.35. The first-order valence-electron chi connectivity index (χ1n) is 6.05. The molecule has 0 saturated carbocycles. The number of aromatic nitrogens is 2. The molecule has 21 heavy (non-hydrogen) atoms. The third-order valence-corrected chi connectivity index (χ3v) is 3.31. The van der Waals surface area contributed by atoms with E-state index in [1.165, 1.54) is 26.4 Å². The lowest BCUT2D eigenvalue weighted by atomic mass is 9.98. The van der Waals surface area contributed by atoms with E-state index in [-0.39, 0.29) is 17.1 Å². The fourth-order valence-corrected chi connectivity index (χ4v) is 2.18. The van der Waals surface area contributed by atoms with Crippen molar-refractivity contribution in [2.24, 2.45) is 14.1 Å². The van der Waals surface area contributed by atoms with E-state index in [1.54, 1.807) is 6.07 Å². The highest BCUT2D eigenvalue weighted by Gasteiger charge is 2.30. The Morgan fingerprint density at radius 1 is 1.38 bits per heavy atom. The van der Waals surface area contributed by atoms with Crippen LogP contribution < -0.4 is 17.0 Å². The summed E-state index contributed by atoms with van der Waals surface area (Å²) in [5.41, 5.74) is 4.53. The minimum Gasteiger partial charge on any atom is -0.468 e. The highest BCUT2D eigenvalue weighted by Crippen LogP contribution is 2.26. The third kappa shape index (κ3) is 2.45. The molecule has 0 amide bonds. The van der Waals surface area contributed by atoms with E-state index >= 15 is 0 Å². The average molecular weight is 294 g/mol. The molecule has 0 aliphatic rings. The van der Waals surface area contributed by atoms with Crippen LogP contribution in [0.2, 0.25) is 0 Å². The van der Waals surface area contributed by atoms with E-state index in [0.717, 1.165) is 9.13 Å². The number of anilines is 1. The van der Waals surface area contributed by atoms with Crippen molar-refractivity contribution in [1.29, 1.82) is 0 Å². The maximum Gasteiger partial charge on any atom is 0.332 e. The molecule has 2 heterocycles. The summed E-state index contributed by atoms with van der Waals surface area (Å²) in [5.74, 6) is -0.819. The molecule has 2 N–H and O–H groups in total. The summed E-state index contributed by atoms with van der Waals surface area (Å²) >= 11 is 0. The Bertz CT molecular complexity index is 787. The van der Waals surface area contributed by atoms with Crippen LogP contribution >= 0.6 is 0 Å². The largest absolute Gasteiger partial charge is 0.468 e. The zero-order valence-electron chi connectivity index (χ0n) is 11.5. The summed E-state index contributed by atoms with van der Waals surface area (Å²) < 4.78 is 7.11. The first-order chi connectivity index (χ1) is 9.84. The van der Waals surface area contributed by atoms with Gasteiger partial charge in [0.2, 0.25) is 6.54 Å². The average Bonchev–Trinajstić information content (AvgIpc) is 2.95. The van der Waals surface area contributed by atoms with Gasteiger partial charge in [0.15, 0.2) is 0 Å². The van der Waals surface area contributed by atoms with Crippen molar-refractivity contribution in [3.8, 4) is 0 Å². The number of nitrogens with two attached hydrogens (primary N) is 1. The highest BCUT2D eigenvalue weighted by molar-refractivity contribution is 5.44. The summed E-state index contributed by atoms with van der Waals surface area (Å²) in [6.45, 7) is -0.564. The molecule has 0 bridgehead atoms. The fraction of sp³-hybridized carbons (Fsp3) is 0.333. The second-order valence-electron chi connectivity index (χ2n) is 4.59. The molecule has 0 aliphatic heterocycles. The van der Waals surface area contributed by atoms with Gasteiger partial charge in [0.1, 0.15) is 17.5 Å². The summed E-state index contributed by atoms with van der Waals surface area (Å²) in [5, 5.41) is 10.9. The van der Waals surface area contributed by atoms with Crippen molar-refractivity contribution in [3.63, 3.8) is 0 Å². The Kier molecular flexibility index (Phi) is 3.66. The quantitative estimate of drug-likeness (QED) is 0.607. The van der Waals surface area contributed by atoms with Gasteiger partial charge in [0.25, 0.3) is 5.56 Å². The Morgan fingerprint density at radius 3 is 2.57 bits per heavy atom. The van der Waals surface area contributed by atoms with Crippen LogP contribution in [0.5, 0.6) is 0 Å². The van der Waals surface area contributed by atoms with Gasteiger partial charge in [-0.2, -0.15) is 0 Å². The number of furan rings is 1. The van der Waals surface area contributed by atoms with Gasteiger partial charge in [-0.1, -0.05) is 0 Å². The Labute approximate surface area is 118 Å². The second-order valence-corrected chi connectivity index (χ2v) is 4.59. The predicted octanol–water partition coefficient (Wildman–Crippen LogP) is -0.332. The Balaban J connectivity index is 2.75. The minimum atomic E-state index is -0.958. The summed E-state index contributed by atoms with van der Waals surface area (Å²) in [4.78, 5) is 34.4. The van der Waals surface area contributed by atoms with Crippen molar-refractivity contribution in [3.05, 3.63) is 60.7 Å². The lowest BCUT2D eigenvalue weighted by Crippen LogP contribution is -2.41.